The topological polar surface area (TPSA) is 75.5 Å². The van der Waals surface area contributed by atoms with Crippen LogP contribution in [0.1, 0.15) is 0 Å². The molecule has 6 nitrogen and oxygen atoms in total. The molecule has 1 fully saturated rings. The minimum absolute atomic E-state index is 0.338. The number of hydrogen-bond donors (Lipinski definition) is 1. The van der Waals surface area contributed by atoms with Gasteiger partial charge < -0.3 is 14.7 Å². The van der Waals surface area contributed by atoms with E-state index in [1.54, 1.807) is 5.51 Å². The first-order valence-electron chi connectivity index (χ1n) is 4.13. The van der Waals surface area contributed by atoms with Gasteiger partial charge in [0.05, 0.1) is 13.2 Å². The van der Waals surface area contributed by atoms with Gasteiger partial charge in [-0.1, -0.05) is 11.3 Å². The first-order valence-corrected chi connectivity index (χ1v) is 5.01. The highest BCUT2D eigenvalue weighted by Crippen LogP contribution is 2.18. The third-order valence-electron chi connectivity index (χ3n) is 1.96. The average Bonchev–Trinajstić information content (AvgIpc) is 2.71. The molecule has 1 aromatic heterocycles. The third-order valence-corrected chi connectivity index (χ3v) is 2.71. The van der Waals surface area contributed by atoms with E-state index in [1.807, 2.05) is 4.90 Å². The third kappa shape index (κ3) is 1.83. The van der Waals surface area contributed by atoms with E-state index in [2.05, 4.69) is 10.2 Å². The molecule has 1 N–H and O–H groups in total. The van der Waals surface area contributed by atoms with Crippen LogP contribution in [0, 0.1) is 0 Å². The average molecular weight is 215 g/mol. The van der Waals surface area contributed by atoms with Crippen molar-refractivity contribution >= 4 is 22.4 Å². The van der Waals surface area contributed by atoms with Crippen LogP contribution in [0.3, 0.4) is 0 Å². The van der Waals surface area contributed by atoms with E-state index in [1.165, 1.54) is 11.3 Å². The van der Waals surface area contributed by atoms with Gasteiger partial charge in [-0.2, -0.15) is 0 Å². The normalized spacial score (nSPS) is 22.3. The van der Waals surface area contributed by atoms with Crippen LogP contribution in [-0.4, -0.2) is 47.1 Å². The van der Waals surface area contributed by atoms with E-state index in [4.69, 9.17) is 9.84 Å². The number of nitrogens with zero attached hydrogens (tertiary/aromatic N) is 3. The number of rotatable bonds is 2. The second-order valence-electron chi connectivity index (χ2n) is 2.86. The fourth-order valence-electron chi connectivity index (χ4n) is 1.28. The molecule has 0 radical (unpaired) electrons. The van der Waals surface area contributed by atoms with Crippen molar-refractivity contribution in [2.24, 2.45) is 0 Å². The van der Waals surface area contributed by atoms with Crippen molar-refractivity contribution in [1.82, 2.24) is 10.2 Å². The van der Waals surface area contributed by atoms with E-state index < -0.39 is 12.1 Å². The second-order valence-corrected chi connectivity index (χ2v) is 3.68. The quantitative estimate of drug-likeness (QED) is 0.738. The lowest BCUT2D eigenvalue weighted by Gasteiger charge is -2.29. The maximum atomic E-state index is 10.7. The lowest BCUT2D eigenvalue weighted by atomic mass is 10.3. The van der Waals surface area contributed by atoms with Crippen LogP contribution in [0.15, 0.2) is 5.51 Å². The Morgan fingerprint density at radius 3 is 3.29 bits per heavy atom. The molecule has 1 saturated heterocycles. The van der Waals surface area contributed by atoms with E-state index in [-0.39, 0.29) is 0 Å². The Bertz CT molecular complexity index is 316. The van der Waals surface area contributed by atoms with Crippen molar-refractivity contribution in [2.75, 3.05) is 24.6 Å². The number of carboxylic acid groups (broad SMARTS) is 1. The summed E-state index contributed by atoms with van der Waals surface area (Å²) >= 11 is 1.40. The highest BCUT2D eigenvalue weighted by Gasteiger charge is 2.27. The van der Waals surface area contributed by atoms with E-state index in [0.29, 0.717) is 19.7 Å². The molecule has 0 aromatic carbocycles. The summed E-state index contributed by atoms with van der Waals surface area (Å²) in [6.07, 6.45) is -0.757. The number of carboxylic acids is 1. The van der Waals surface area contributed by atoms with Crippen LogP contribution in [-0.2, 0) is 9.53 Å². The van der Waals surface area contributed by atoms with Crippen LogP contribution in [0.2, 0.25) is 0 Å². The number of aliphatic carboxylic acids is 1. The largest absolute Gasteiger partial charge is 0.479 e. The van der Waals surface area contributed by atoms with Gasteiger partial charge in [0, 0.05) is 6.54 Å². The Morgan fingerprint density at radius 1 is 1.79 bits per heavy atom. The molecule has 1 atom stereocenters. The first kappa shape index (κ1) is 9.35. The van der Waals surface area contributed by atoms with Gasteiger partial charge in [-0.3, -0.25) is 0 Å². The summed E-state index contributed by atoms with van der Waals surface area (Å²) in [4.78, 5) is 12.6. The molecule has 0 aliphatic carbocycles. The van der Waals surface area contributed by atoms with Crippen molar-refractivity contribution in [3.8, 4) is 0 Å². The van der Waals surface area contributed by atoms with Gasteiger partial charge in [-0.05, 0) is 0 Å². The van der Waals surface area contributed by atoms with Gasteiger partial charge in [0.2, 0.25) is 5.13 Å². The van der Waals surface area contributed by atoms with Crippen molar-refractivity contribution in [3.05, 3.63) is 5.51 Å². The predicted molar refractivity (Wildman–Crippen MR) is 49.5 cm³/mol. The molecular weight excluding hydrogens is 206 g/mol. The number of carbonyl (C=O) groups is 1. The molecule has 2 heterocycles. The SMILES string of the molecule is O=C(O)C1CN(c2nncs2)CCO1. The maximum absolute atomic E-state index is 10.7. The molecule has 0 bridgehead atoms. The molecule has 2 rings (SSSR count). The summed E-state index contributed by atoms with van der Waals surface area (Å²) in [6, 6.07) is 0. The molecular formula is C7H9N3O3S. The predicted octanol–water partition coefficient (Wildman–Crippen LogP) is -0.172. The van der Waals surface area contributed by atoms with E-state index >= 15 is 0 Å². The summed E-state index contributed by atoms with van der Waals surface area (Å²) < 4.78 is 5.08. The van der Waals surface area contributed by atoms with Crippen LogP contribution in [0.5, 0.6) is 0 Å². The van der Waals surface area contributed by atoms with Gasteiger partial charge >= 0.3 is 5.97 Å². The van der Waals surface area contributed by atoms with E-state index in [9.17, 15) is 4.79 Å². The molecule has 0 spiro atoms. The summed E-state index contributed by atoms with van der Waals surface area (Å²) in [5, 5.41) is 17.1. The molecule has 0 amide bonds. The summed E-state index contributed by atoms with van der Waals surface area (Å²) in [5.74, 6) is -0.931. The molecule has 0 saturated carbocycles. The van der Waals surface area contributed by atoms with Crippen molar-refractivity contribution in [2.45, 2.75) is 6.10 Å². The first-order chi connectivity index (χ1) is 6.77. The van der Waals surface area contributed by atoms with Gasteiger partial charge in [0.15, 0.2) is 6.10 Å². The molecule has 1 aromatic rings. The Kier molecular flexibility index (Phi) is 2.60. The number of hydrogen-bond acceptors (Lipinski definition) is 6. The van der Waals surface area contributed by atoms with Gasteiger partial charge in [-0.15, -0.1) is 10.2 Å². The maximum Gasteiger partial charge on any atom is 0.334 e. The monoisotopic (exact) mass is 215 g/mol. The Labute approximate surface area is 84.1 Å². The molecule has 14 heavy (non-hydrogen) atoms. The number of morpholine rings is 1. The molecule has 1 unspecified atom stereocenters. The minimum Gasteiger partial charge on any atom is -0.479 e. The molecule has 7 heteroatoms. The van der Waals surface area contributed by atoms with Crippen LogP contribution >= 0.6 is 11.3 Å². The Balaban J connectivity index is 2.04. The van der Waals surface area contributed by atoms with E-state index in [0.717, 1.165) is 5.13 Å². The summed E-state index contributed by atoms with van der Waals surface area (Å²) in [6.45, 7) is 1.42. The lowest BCUT2D eigenvalue weighted by Crippen LogP contribution is -2.46. The second kappa shape index (κ2) is 3.89. The number of anilines is 1. The lowest BCUT2D eigenvalue weighted by molar-refractivity contribution is -0.150. The minimum atomic E-state index is -0.931. The van der Waals surface area contributed by atoms with Crippen LogP contribution < -0.4 is 4.90 Å². The van der Waals surface area contributed by atoms with Gasteiger partial charge in [0.1, 0.15) is 5.51 Å². The summed E-state index contributed by atoms with van der Waals surface area (Å²) in [7, 11) is 0. The number of aromatic nitrogens is 2. The molecule has 76 valence electrons. The fourth-order valence-corrected chi connectivity index (χ4v) is 1.88. The van der Waals surface area contributed by atoms with Crippen molar-refractivity contribution in [3.63, 3.8) is 0 Å². The van der Waals surface area contributed by atoms with Crippen molar-refractivity contribution in [1.29, 1.82) is 0 Å². The zero-order chi connectivity index (χ0) is 9.97. The molecule has 1 aliphatic heterocycles. The Hall–Kier alpha value is -1.21. The Morgan fingerprint density at radius 2 is 2.64 bits per heavy atom. The molecule has 1 aliphatic rings. The zero-order valence-electron chi connectivity index (χ0n) is 7.29. The zero-order valence-corrected chi connectivity index (χ0v) is 8.11. The smallest absolute Gasteiger partial charge is 0.334 e. The highest BCUT2D eigenvalue weighted by atomic mass is 32.1. The summed E-state index contributed by atoms with van der Waals surface area (Å²) in [5.41, 5.74) is 1.63. The standard InChI is InChI=1S/C7H9N3O3S/c11-6(12)5-3-10(1-2-13-5)7-9-8-4-14-7/h4-5H,1-3H2,(H,11,12). The fraction of sp³-hybridized carbons (Fsp3) is 0.571. The van der Waals surface area contributed by atoms with Crippen LogP contribution in [0.25, 0.3) is 0 Å². The van der Waals surface area contributed by atoms with Gasteiger partial charge in [0.25, 0.3) is 0 Å². The van der Waals surface area contributed by atoms with Gasteiger partial charge in [-0.25, -0.2) is 4.79 Å². The van der Waals surface area contributed by atoms with Crippen molar-refractivity contribution < 1.29 is 14.6 Å². The number of ether oxygens (including phenoxy) is 1. The van der Waals surface area contributed by atoms with Crippen LogP contribution in [0.4, 0.5) is 5.13 Å². The highest BCUT2D eigenvalue weighted by molar-refractivity contribution is 7.13.